The van der Waals surface area contributed by atoms with Crippen molar-refractivity contribution < 1.29 is 18.3 Å². The zero-order valence-electron chi connectivity index (χ0n) is 11.8. The fourth-order valence-electron chi connectivity index (χ4n) is 2.35. The largest absolute Gasteiger partial charge is 0.465 e. The summed E-state index contributed by atoms with van der Waals surface area (Å²) in [7, 11) is -3.43. The van der Waals surface area contributed by atoms with E-state index >= 15 is 0 Å². The molecule has 0 aromatic heterocycles. The second-order valence-corrected chi connectivity index (χ2v) is 6.92. The molecule has 0 aliphatic carbocycles. The van der Waals surface area contributed by atoms with Gasteiger partial charge in [-0.2, -0.15) is 0 Å². The Bertz CT molecular complexity index is 591. The summed E-state index contributed by atoms with van der Waals surface area (Å²) in [6.07, 6.45) is 0.171. The smallest absolute Gasteiger partial charge is 0.407 e. The second kappa shape index (κ2) is 6.31. The maximum absolute atomic E-state index is 12.0. The highest BCUT2D eigenvalue weighted by Crippen LogP contribution is 2.17. The first-order chi connectivity index (χ1) is 9.88. The number of carboxylic acid groups (broad SMARTS) is 1. The number of hydrogen-bond acceptors (Lipinski definition) is 4. The minimum atomic E-state index is -3.43. The van der Waals surface area contributed by atoms with E-state index in [1.807, 2.05) is 6.07 Å². The number of nitrogens with zero attached hydrogens (tertiary/aromatic N) is 2. The number of carbonyl (C=O) groups is 1. The normalized spacial score (nSPS) is 19.3. The summed E-state index contributed by atoms with van der Waals surface area (Å²) in [4.78, 5) is 12.3. The first-order valence-electron chi connectivity index (χ1n) is 6.62. The molecule has 1 amide bonds. The van der Waals surface area contributed by atoms with Crippen LogP contribution in [0, 0.1) is 0 Å². The van der Waals surface area contributed by atoms with Crippen LogP contribution in [0.25, 0.3) is 0 Å². The molecule has 1 aliphatic heterocycles. The van der Waals surface area contributed by atoms with Gasteiger partial charge in [0.2, 0.25) is 10.0 Å². The predicted octanol–water partition coefficient (Wildman–Crippen LogP) is 0.404. The molecule has 2 N–H and O–H groups in total. The van der Waals surface area contributed by atoms with Crippen molar-refractivity contribution in [2.75, 3.05) is 36.7 Å². The monoisotopic (exact) mass is 313 g/mol. The summed E-state index contributed by atoms with van der Waals surface area (Å²) in [5.74, 6) is 0. The van der Waals surface area contributed by atoms with Gasteiger partial charge in [0.15, 0.2) is 0 Å². The number of amides is 1. The zero-order valence-corrected chi connectivity index (χ0v) is 12.6. The Hall–Kier alpha value is -1.80. The van der Waals surface area contributed by atoms with Gasteiger partial charge in [-0.15, -0.1) is 0 Å². The first kappa shape index (κ1) is 15.6. The van der Waals surface area contributed by atoms with Crippen molar-refractivity contribution in [3.63, 3.8) is 0 Å². The molecule has 0 unspecified atom stereocenters. The Balaban J connectivity index is 2.15. The molecular weight excluding hydrogens is 294 g/mol. The lowest BCUT2D eigenvalue weighted by atomic mass is 10.2. The topological polar surface area (TPSA) is 90.0 Å². The molecule has 7 nitrogen and oxygen atoms in total. The Kier molecular flexibility index (Phi) is 4.69. The second-order valence-electron chi connectivity index (χ2n) is 5.01. The number of nitrogens with one attached hydrogen (secondary N) is 1. The minimum Gasteiger partial charge on any atom is -0.465 e. The van der Waals surface area contributed by atoms with Crippen molar-refractivity contribution in [3.8, 4) is 0 Å². The number of benzene rings is 1. The molecule has 0 spiro atoms. The van der Waals surface area contributed by atoms with Gasteiger partial charge in [0.25, 0.3) is 0 Å². The third-order valence-electron chi connectivity index (χ3n) is 3.36. The molecule has 1 aromatic rings. The van der Waals surface area contributed by atoms with Gasteiger partial charge in [-0.25, -0.2) is 13.2 Å². The van der Waals surface area contributed by atoms with Crippen LogP contribution in [-0.4, -0.2) is 63.0 Å². The highest BCUT2D eigenvalue weighted by Gasteiger charge is 2.27. The van der Waals surface area contributed by atoms with Crippen LogP contribution < -0.4 is 9.62 Å². The Labute approximate surface area is 124 Å². The maximum atomic E-state index is 12.0. The van der Waals surface area contributed by atoms with Crippen LogP contribution in [0.4, 0.5) is 10.5 Å². The number of anilines is 1. The SMILES string of the molecule is CS(=O)(=O)N(C[C@H]1CN(C(=O)O)CCN1)c1ccccc1. The summed E-state index contributed by atoms with van der Waals surface area (Å²) >= 11 is 0. The van der Waals surface area contributed by atoms with Crippen molar-refractivity contribution in [2.45, 2.75) is 6.04 Å². The lowest BCUT2D eigenvalue weighted by Gasteiger charge is -2.35. The van der Waals surface area contributed by atoms with E-state index in [9.17, 15) is 13.2 Å². The van der Waals surface area contributed by atoms with Gasteiger partial charge >= 0.3 is 6.09 Å². The van der Waals surface area contributed by atoms with E-state index in [0.29, 0.717) is 18.8 Å². The standard InChI is InChI=1S/C13H19N3O4S/c1-21(19,20)16(12-5-3-2-4-6-12)10-11-9-15(13(17)18)8-7-14-11/h2-6,11,14H,7-10H2,1H3,(H,17,18)/t11-/m1/s1. The van der Waals surface area contributed by atoms with Crippen LogP contribution in [-0.2, 0) is 10.0 Å². The molecule has 1 atom stereocenters. The van der Waals surface area contributed by atoms with Crippen molar-refractivity contribution >= 4 is 21.8 Å². The number of sulfonamides is 1. The molecule has 1 saturated heterocycles. The molecule has 1 heterocycles. The van der Waals surface area contributed by atoms with Crippen LogP contribution >= 0.6 is 0 Å². The van der Waals surface area contributed by atoms with E-state index in [0.717, 1.165) is 6.26 Å². The lowest BCUT2D eigenvalue weighted by Crippen LogP contribution is -2.56. The van der Waals surface area contributed by atoms with Crippen LogP contribution in [0.15, 0.2) is 30.3 Å². The van der Waals surface area contributed by atoms with Crippen LogP contribution in [0.2, 0.25) is 0 Å². The van der Waals surface area contributed by atoms with Gasteiger partial charge in [-0.3, -0.25) is 4.31 Å². The number of hydrogen-bond donors (Lipinski definition) is 2. The Morgan fingerprint density at radius 3 is 2.67 bits per heavy atom. The molecular formula is C13H19N3O4S. The van der Waals surface area contributed by atoms with E-state index in [1.165, 1.54) is 9.21 Å². The van der Waals surface area contributed by atoms with Crippen molar-refractivity contribution in [2.24, 2.45) is 0 Å². The fraction of sp³-hybridized carbons (Fsp3) is 0.462. The quantitative estimate of drug-likeness (QED) is 0.840. The summed E-state index contributed by atoms with van der Waals surface area (Å²) < 4.78 is 25.3. The highest BCUT2D eigenvalue weighted by atomic mass is 32.2. The third kappa shape index (κ3) is 4.08. The van der Waals surface area contributed by atoms with E-state index < -0.39 is 16.1 Å². The molecule has 1 aromatic carbocycles. The summed E-state index contributed by atoms with van der Waals surface area (Å²) in [5, 5.41) is 12.2. The highest BCUT2D eigenvalue weighted by molar-refractivity contribution is 7.92. The molecule has 0 bridgehead atoms. The average Bonchev–Trinajstić information content (AvgIpc) is 2.45. The number of piperazine rings is 1. The van der Waals surface area contributed by atoms with E-state index in [-0.39, 0.29) is 19.1 Å². The van der Waals surface area contributed by atoms with E-state index in [2.05, 4.69) is 5.32 Å². The molecule has 0 radical (unpaired) electrons. The van der Waals surface area contributed by atoms with Crippen molar-refractivity contribution in [1.82, 2.24) is 10.2 Å². The first-order valence-corrected chi connectivity index (χ1v) is 8.47. The fourth-order valence-corrected chi connectivity index (χ4v) is 3.30. The van der Waals surface area contributed by atoms with Crippen molar-refractivity contribution in [1.29, 1.82) is 0 Å². The number of rotatable bonds is 4. The predicted molar refractivity (Wildman–Crippen MR) is 80.0 cm³/mol. The molecule has 1 fully saturated rings. The van der Waals surface area contributed by atoms with E-state index in [4.69, 9.17) is 5.11 Å². The van der Waals surface area contributed by atoms with Gasteiger partial charge in [0, 0.05) is 25.7 Å². The van der Waals surface area contributed by atoms with Crippen LogP contribution in [0.1, 0.15) is 0 Å². The average molecular weight is 313 g/mol. The summed E-state index contributed by atoms with van der Waals surface area (Å²) in [6.45, 7) is 1.40. The Morgan fingerprint density at radius 1 is 1.43 bits per heavy atom. The van der Waals surface area contributed by atoms with Gasteiger partial charge in [-0.1, -0.05) is 18.2 Å². The minimum absolute atomic E-state index is 0.201. The van der Waals surface area contributed by atoms with Gasteiger partial charge in [-0.05, 0) is 12.1 Å². The maximum Gasteiger partial charge on any atom is 0.407 e. The summed E-state index contributed by atoms with van der Waals surface area (Å²) in [5.41, 5.74) is 0.578. The molecule has 8 heteroatoms. The zero-order chi connectivity index (χ0) is 15.5. The van der Waals surface area contributed by atoms with Gasteiger partial charge < -0.3 is 15.3 Å². The molecule has 0 saturated carbocycles. The molecule has 116 valence electrons. The lowest BCUT2D eigenvalue weighted by molar-refractivity contribution is 0.129. The molecule has 2 rings (SSSR count). The van der Waals surface area contributed by atoms with Crippen molar-refractivity contribution in [3.05, 3.63) is 30.3 Å². The van der Waals surface area contributed by atoms with Gasteiger partial charge in [0.05, 0.1) is 18.5 Å². The number of para-hydroxylation sites is 1. The van der Waals surface area contributed by atoms with Gasteiger partial charge in [0.1, 0.15) is 0 Å². The molecule has 21 heavy (non-hydrogen) atoms. The van der Waals surface area contributed by atoms with Crippen LogP contribution in [0.5, 0.6) is 0 Å². The van der Waals surface area contributed by atoms with E-state index in [1.54, 1.807) is 24.3 Å². The summed E-state index contributed by atoms with van der Waals surface area (Å²) in [6, 6.07) is 8.56. The third-order valence-corrected chi connectivity index (χ3v) is 4.52. The molecule has 1 aliphatic rings. The Morgan fingerprint density at radius 2 is 2.10 bits per heavy atom. The van der Waals surface area contributed by atoms with Crippen LogP contribution in [0.3, 0.4) is 0 Å².